The van der Waals surface area contributed by atoms with Crippen LogP contribution in [0.1, 0.15) is 17.3 Å². The van der Waals surface area contributed by atoms with Gasteiger partial charge in [0.2, 0.25) is 0 Å². The third kappa shape index (κ3) is 4.26. The Kier molecular flexibility index (Phi) is 6.45. The van der Waals surface area contributed by atoms with Crippen molar-refractivity contribution in [2.45, 2.75) is 13.1 Å². The highest BCUT2D eigenvalue weighted by molar-refractivity contribution is 5.99. The van der Waals surface area contributed by atoms with Crippen molar-refractivity contribution in [2.75, 3.05) is 32.7 Å². The van der Waals surface area contributed by atoms with Crippen LogP contribution in [0.15, 0.2) is 18.2 Å². The zero-order valence-electron chi connectivity index (χ0n) is 14.3. The number of rotatable bonds is 5. The number of nitrogens with one attached hydrogen (secondary N) is 2. The summed E-state index contributed by atoms with van der Waals surface area (Å²) in [6, 6.07) is 1.90. The van der Waals surface area contributed by atoms with E-state index in [2.05, 4.69) is 10.6 Å². The lowest BCUT2D eigenvalue weighted by atomic mass is 10.2. The minimum absolute atomic E-state index is 0.0504. The molecule has 1 unspecified atom stereocenters. The van der Waals surface area contributed by atoms with Crippen molar-refractivity contribution in [3.63, 3.8) is 0 Å². The van der Waals surface area contributed by atoms with Crippen LogP contribution >= 0.6 is 0 Å². The smallest absolute Gasteiger partial charge is 0.319 e. The number of carbonyl (C=O) groups is 3. The fourth-order valence-corrected chi connectivity index (χ4v) is 2.72. The predicted octanol–water partition coefficient (Wildman–Crippen LogP) is -0.147. The zero-order chi connectivity index (χ0) is 19.3. The van der Waals surface area contributed by atoms with E-state index >= 15 is 0 Å². The number of nitrogens with zero attached hydrogens (tertiary/aromatic N) is 2. The SMILES string of the molecule is CCNC(=O)N1CCN(C(=O)c2cc(F)cc(F)c2)C1C(=O)NCCN. The Morgan fingerprint density at radius 2 is 1.73 bits per heavy atom. The molecule has 0 radical (unpaired) electrons. The zero-order valence-corrected chi connectivity index (χ0v) is 14.3. The van der Waals surface area contributed by atoms with Gasteiger partial charge in [0.25, 0.3) is 11.8 Å². The predicted molar refractivity (Wildman–Crippen MR) is 89.0 cm³/mol. The van der Waals surface area contributed by atoms with Crippen molar-refractivity contribution >= 4 is 17.8 Å². The van der Waals surface area contributed by atoms with E-state index in [1.165, 1.54) is 4.90 Å². The summed E-state index contributed by atoms with van der Waals surface area (Å²) in [6.45, 7) is 2.56. The summed E-state index contributed by atoms with van der Waals surface area (Å²) in [5.74, 6) is -3.15. The van der Waals surface area contributed by atoms with E-state index in [0.717, 1.165) is 17.0 Å². The maximum Gasteiger partial charge on any atom is 0.319 e. The van der Waals surface area contributed by atoms with Gasteiger partial charge in [-0.25, -0.2) is 13.6 Å². The van der Waals surface area contributed by atoms with E-state index in [-0.39, 0.29) is 31.7 Å². The summed E-state index contributed by atoms with van der Waals surface area (Å²) < 4.78 is 26.8. The van der Waals surface area contributed by atoms with Gasteiger partial charge in [0.05, 0.1) is 0 Å². The molecular formula is C16H21F2N5O3. The van der Waals surface area contributed by atoms with Gasteiger partial charge >= 0.3 is 6.03 Å². The molecule has 1 heterocycles. The summed E-state index contributed by atoms with van der Waals surface area (Å²) >= 11 is 0. The van der Waals surface area contributed by atoms with Crippen LogP contribution in [0.2, 0.25) is 0 Å². The van der Waals surface area contributed by atoms with Gasteiger partial charge in [-0.1, -0.05) is 0 Å². The average Bonchev–Trinajstić information content (AvgIpc) is 3.03. The Morgan fingerprint density at radius 3 is 2.31 bits per heavy atom. The summed E-state index contributed by atoms with van der Waals surface area (Å²) in [4.78, 5) is 39.7. The lowest BCUT2D eigenvalue weighted by Gasteiger charge is -2.29. The molecule has 4 amide bonds. The maximum atomic E-state index is 13.4. The molecule has 1 aliphatic rings. The van der Waals surface area contributed by atoms with Crippen molar-refractivity contribution in [1.82, 2.24) is 20.4 Å². The Balaban J connectivity index is 2.30. The standard InChI is InChI=1S/C16H21F2N5O3/c1-2-20-16(26)23-6-5-22(14(23)13(24)21-4-3-19)15(25)10-7-11(17)9-12(18)8-10/h7-9,14H,2-6,19H2,1H3,(H,20,26)(H,21,24). The molecule has 8 nitrogen and oxygen atoms in total. The monoisotopic (exact) mass is 369 g/mol. The number of amides is 4. The van der Waals surface area contributed by atoms with E-state index < -0.39 is 35.6 Å². The molecule has 26 heavy (non-hydrogen) atoms. The molecule has 0 saturated carbocycles. The van der Waals surface area contributed by atoms with Crippen molar-refractivity contribution < 1.29 is 23.2 Å². The molecule has 1 aliphatic heterocycles. The van der Waals surface area contributed by atoms with E-state index in [1.807, 2.05) is 0 Å². The Bertz CT molecular complexity index is 680. The highest BCUT2D eigenvalue weighted by Gasteiger charge is 2.42. The van der Waals surface area contributed by atoms with Crippen LogP contribution in [0.3, 0.4) is 0 Å². The first-order valence-electron chi connectivity index (χ1n) is 8.18. The van der Waals surface area contributed by atoms with Gasteiger partial charge in [-0.2, -0.15) is 0 Å². The summed E-state index contributed by atoms with van der Waals surface area (Å²) in [5, 5.41) is 5.10. The van der Waals surface area contributed by atoms with Crippen LogP contribution in [-0.2, 0) is 4.79 Å². The van der Waals surface area contributed by atoms with Crippen LogP contribution in [0, 0.1) is 11.6 Å². The lowest BCUT2D eigenvalue weighted by molar-refractivity contribution is -0.127. The van der Waals surface area contributed by atoms with Gasteiger partial charge in [-0.15, -0.1) is 0 Å². The van der Waals surface area contributed by atoms with Crippen LogP contribution in [-0.4, -0.2) is 66.5 Å². The van der Waals surface area contributed by atoms with Crippen molar-refractivity contribution in [3.05, 3.63) is 35.4 Å². The van der Waals surface area contributed by atoms with Gasteiger partial charge in [0.1, 0.15) is 11.6 Å². The van der Waals surface area contributed by atoms with Crippen LogP contribution in [0.5, 0.6) is 0 Å². The topological polar surface area (TPSA) is 108 Å². The Labute approximate surface area is 149 Å². The second-order valence-corrected chi connectivity index (χ2v) is 5.64. The van der Waals surface area contributed by atoms with Crippen molar-refractivity contribution in [3.8, 4) is 0 Å². The second-order valence-electron chi connectivity index (χ2n) is 5.64. The summed E-state index contributed by atoms with van der Waals surface area (Å²) in [6.07, 6.45) is -1.23. The molecule has 0 bridgehead atoms. The van der Waals surface area contributed by atoms with Crippen LogP contribution in [0.25, 0.3) is 0 Å². The molecule has 2 rings (SSSR count). The van der Waals surface area contributed by atoms with Gasteiger partial charge in [0, 0.05) is 44.4 Å². The number of nitrogens with two attached hydrogens (primary N) is 1. The fourth-order valence-electron chi connectivity index (χ4n) is 2.72. The number of benzene rings is 1. The fraction of sp³-hybridized carbons (Fsp3) is 0.438. The van der Waals surface area contributed by atoms with Crippen molar-refractivity contribution in [2.24, 2.45) is 5.73 Å². The molecule has 0 spiro atoms. The van der Waals surface area contributed by atoms with Gasteiger partial charge in [-0.05, 0) is 19.1 Å². The van der Waals surface area contributed by atoms with Gasteiger partial charge in [0.15, 0.2) is 6.17 Å². The molecular weight excluding hydrogens is 348 g/mol. The molecule has 1 saturated heterocycles. The minimum atomic E-state index is -1.23. The highest BCUT2D eigenvalue weighted by atomic mass is 19.1. The van der Waals surface area contributed by atoms with Crippen LogP contribution in [0.4, 0.5) is 13.6 Å². The number of urea groups is 1. The first-order chi connectivity index (χ1) is 12.4. The summed E-state index contributed by atoms with van der Waals surface area (Å²) in [7, 11) is 0. The third-order valence-electron chi connectivity index (χ3n) is 3.81. The molecule has 1 aromatic carbocycles. The molecule has 1 atom stereocenters. The quantitative estimate of drug-likeness (QED) is 0.671. The molecule has 1 fully saturated rings. The largest absolute Gasteiger partial charge is 0.351 e. The third-order valence-corrected chi connectivity index (χ3v) is 3.81. The lowest BCUT2D eigenvalue weighted by Crippen LogP contribution is -2.56. The molecule has 4 N–H and O–H groups in total. The first-order valence-corrected chi connectivity index (χ1v) is 8.18. The van der Waals surface area contributed by atoms with E-state index in [9.17, 15) is 23.2 Å². The van der Waals surface area contributed by atoms with E-state index in [0.29, 0.717) is 12.6 Å². The molecule has 0 aliphatic carbocycles. The molecule has 10 heteroatoms. The minimum Gasteiger partial charge on any atom is -0.351 e. The number of carbonyl (C=O) groups excluding carboxylic acids is 3. The van der Waals surface area contributed by atoms with Gasteiger partial charge in [-0.3, -0.25) is 14.5 Å². The second kappa shape index (κ2) is 8.56. The Morgan fingerprint density at radius 1 is 1.12 bits per heavy atom. The number of hydrogen-bond donors (Lipinski definition) is 3. The highest BCUT2D eigenvalue weighted by Crippen LogP contribution is 2.20. The first kappa shape index (κ1) is 19.6. The van der Waals surface area contributed by atoms with Gasteiger partial charge < -0.3 is 21.3 Å². The molecule has 0 aromatic heterocycles. The van der Waals surface area contributed by atoms with Crippen LogP contribution < -0.4 is 16.4 Å². The van der Waals surface area contributed by atoms with Crippen molar-refractivity contribution in [1.29, 1.82) is 0 Å². The van der Waals surface area contributed by atoms with E-state index in [1.54, 1.807) is 6.92 Å². The number of halogens is 2. The number of hydrogen-bond acceptors (Lipinski definition) is 4. The normalized spacial score (nSPS) is 16.5. The maximum absolute atomic E-state index is 13.4. The summed E-state index contributed by atoms with van der Waals surface area (Å²) in [5.41, 5.74) is 5.13. The molecule has 142 valence electrons. The molecule has 1 aromatic rings. The average molecular weight is 369 g/mol. The van der Waals surface area contributed by atoms with E-state index in [4.69, 9.17) is 5.73 Å². The Hall–Kier alpha value is -2.75.